The standard InChI is InChI=1S/C7H6N2O.C6H7NO/c1-9-4-6(3-8)2-7(9)5-10;1-7-4-2-3-6(7)5-8/h2,4-5H,1H3;2-5H,1H3. The summed E-state index contributed by atoms with van der Waals surface area (Å²) in [4.78, 5) is 20.3. The minimum Gasteiger partial charge on any atom is -0.348 e. The van der Waals surface area contributed by atoms with Crippen LogP contribution in [0.25, 0.3) is 0 Å². The summed E-state index contributed by atoms with van der Waals surface area (Å²) >= 11 is 0. The highest BCUT2D eigenvalue weighted by Crippen LogP contribution is 2.02. The van der Waals surface area contributed by atoms with Crippen molar-refractivity contribution < 1.29 is 9.59 Å². The zero-order valence-electron chi connectivity index (χ0n) is 10.2. The molecular formula is C13H13N3O2. The molecule has 0 aromatic carbocycles. The van der Waals surface area contributed by atoms with Crippen molar-refractivity contribution in [3.63, 3.8) is 0 Å². The molecule has 0 aliphatic rings. The first-order valence-electron chi connectivity index (χ1n) is 5.20. The smallest absolute Gasteiger partial charge is 0.166 e. The fraction of sp³-hybridized carbons (Fsp3) is 0.154. The van der Waals surface area contributed by atoms with E-state index in [-0.39, 0.29) is 0 Å². The van der Waals surface area contributed by atoms with E-state index in [1.807, 2.05) is 25.4 Å². The Bertz CT molecular complexity index is 588. The summed E-state index contributed by atoms with van der Waals surface area (Å²) in [6.07, 6.45) is 5.01. The molecule has 0 N–H and O–H groups in total. The molecule has 0 spiro atoms. The molecule has 2 aromatic rings. The van der Waals surface area contributed by atoms with Gasteiger partial charge in [0, 0.05) is 26.5 Å². The van der Waals surface area contributed by atoms with Gasteiger partial charge in [-0.15, -0.1) is 0 Å². The Morgan fingerprint density at radius 2 is 1.83 bits per heavy atom. The summed E-state index contributed by atoms with van der Waals surface area (Å²) in [5.74, 6) is 0. The Hall–Kier alpha value is -2.61. The molecule has 0 saturated carbocycles. The SMILES string of the molecule is Cn1cc(C#N)cc1C=O.Cn1cccc1C=O. The van der Waals surface area contributed by atoms with Gasteiger partial charge in [-0.25, -0.2) is 0 Å². The Labute approximate surface area is 105 Å². The molecule has 92 valence electrons. The summed E-state index contributed by atoms with van der Waals surface area (Å²) in [5.41, 5.74) is 1.76. The zero-order chi connectivity index (χ0) is 13.5. The van der Waals surface area contributed by atoms with Gasteiger partial charge in [0.25, 0.3) is 0 Å². The number of aldehydes is 2. The molecule has 0 aliphatic heterocycles. The topological polar surface area (TPSA) is 67.8 Å². The van der Waals surface area contributed by atoms with Gasteiger partial charge >= 0.3 is 0 Å². The molecule has 0 amide bonds. The van der Waals surface area contributed by atoms with Crippen molar-refractivity contribution in [3.8, 4) is 6.07 Å². The number of hydrogen-bond donors (Lipinski definition) is 0. The third kappa shape index (κ3) is 3.19. The third-order valence-electron chi connectivity index (χ3n) is 2.40. The van der Waals surface area contributed by atoms with Gasteiger partial charge in [0.15, 0.2) is 12.6 Å². The van der Waals surface area contributed by atoms with Crippen LogP contribution >= 0.6 is 0 Å². The highest BCUT2D eigenvalue weighted by atomic mass is 16.1. The molecule has 2 aromatic heterocycles. The van der Waals surface area contributed by atoms with Crippen LogP contribution in [-0.4, -0.2) is 21.7 Å². The average Bonchev–Trinajstić information content (AvgIpc) is 2.95. The van der Waals surface area contributed by atoms with Crippen LogP contribution in [0.2, 0.25) is 0 Å². The maximum atomic E-state index is 10.2. The van der Waals surface area contributed by atoms with Crippen molar-refractivity contribution in [2.45, 2.75) is 0 Å². The van der Waals surface area contributed by atoms with E-state index in [0.717, 1.165) is 12.6 Å². The van der Waals surface area contributed by atoms with Gasteiger partial charge in [-0.05, 0) is 18.2 Å². The van der Waals surface area contributed by atoms with E-state index < -0.39 is 0 Å². The normalized spacial score (nSPS) is 8.94. The first kappa shape index (κ1) is 13.5. The fourth-order valence-corrected chi connectivity index (χ4v) is 1.36. The molecule has 2 rings (SSSR count). The predicted octanol–water partition coefficient (Wildman–Crippen LogP) is 1.55. The van der Waals surface area contributed by atoms with Crippen LogP contribution in [0.1, 0.15) is 26.5 Å². The molecule has 0 radical (unpaired) electrons. The largest absolute Gasteiger partial charge is 0.348 e. The molecule has 0 bridgehead atoms. The monoisotopic (exact) mass is 243 g/mol. The quantitative estimate of drug-likeness (QED) is 0.751. The Morgan fingerprint density at radius 3 is 2.11 bits per heavy atom. The summed E-state index contributed by atoms with van der Waals surface area (Å²) in [6, 6.07) is 7.10. The molecular weight excluding hydrogens is 230 g/mol. The Morgan fingerprint density at radius 1 is 1.17 bits per heavy atom. The van der Waals surface area contributed by atoms with Crippen molar-refractivity contribution in [2.24, 2.45) is 14.1 Å². The lowest BCUT2D eigenvalue weighted by Gasteiger charge is -1.88. The summed E-state index contributed by atoms with van der Waals surface area (Å²) < 4.78 is 3.39. The maximum Gasteiger partial charge on any atom is 0.166 e. The van der Waals surface area contributed by atoms with Crippen LogP contribution < -0.4 is 0 Å². The molecule has 5 nitrogen and oxygen atoms in total. The van der Waals surface area contributed by atoms with Crippen molar-refractivity contribution >= 4 is 12.6 Å². The Balaban J connectivity index is 0.000000184. The maximum absolute atomic E-state index is 10.2. The number of carbonyl (C=O) groups is 2. The number of carbonyl (C=O) groups excluding carboxylic acids is 2. The third-order valence-corrected chi connectivity index (χ3v) is 2.40. The second kappa shape index (κ2) is 6.21. The molecule has 0 fully saturated rings. The number of nitriles is 1. The second-order valence-corrected chi connectivity index (χ2v) is 3.66. The van der Waals surface area contributed by atoms with Crippen LogP contribution in [0.4, 0.5) is 0 Å². The number of hydrogen-bond acceptors (Lipinski definition) is 3. The van der Waals surface area contributed by atoms with E-state index in [2.05, 4.69) is 0 Å². The van der Waals surface area contributed by atoms with Gasteiger partial charge in [-0.2, -0.15) is 5.26 Å². The summed E-state index contributed by atoms with van der Waals surface area (Å²) in [6.45, 7) is 0. The Kier molecular flexibility index (Phi) is 4.64. The van der Waals surface area contributed by atoms with E-state index in [1.54, 1.807) is 34.5 Å². The predicted molar refractivity (Wildman–Crippen MR) is 66.3 cm³/mol. The fourth-order valence-electron chi connectivity index (χ4n) is 1.36. The number of aryl methyl sites for hydroxylation is 2. The van der Waals surface area contributed by atoms with E-state index in [0.29, 0.717) is 17.0 Å². The van der Waals surface area contributed by atoms with Gasteiger partial charge in [0.05, 0.1) is 17.0 Å². The van der Waals surface area contributed by atoms with Gasteiger partial charge in [-0.1, -0.05) is 0 Å². The lowest BCUT2D eigenvalue weighted by Crippen LogP contribution is -1.90. The molecule has 18 heavy (non-hydrogen) atoms. The van der Waals surface area contributed by atoms with E-state index in [4.69, 9.17) is 5.26 Å². The highest BCUT2D eigenvalue weighted by Gasteiger charge is 1.98. The highest BCUT2D eigenvalue weighted by molar-refractivity contribution is 5.73. The van der Waals surface area contributed by atoms with Gasteiger partial charge in [-0.3, -0.25) is 9.59 Å². The first-order chi connectivity index (χ1) is 8.62. The van der Waals surface area contributed by atoms with Crippen molar-refractivity contribution in [3.05, 3.63) is 47.5 Å². The van der Waals surface area contributed by atoms with Gasteiger partial charge < -0.3 is 9.13 Å². The first-order valence-corrected chi connectivity index (χ1v) is 5.20. The minimum atomic E-state index is 0.518. The second-order valence-electron chi connectivity index (χ2n) is 3.66. The molecule has 0 atom stereocenters. The van der Waals surface area contributed by atoms with Gasteiger partial charge in [0.1, 0.15) is 6.07 Å². The number of aromatic nitrogens is 2. The van der Waals surface area contributed by atoms with Crippen molar-refractivity contribution in [1.29, 1.82) is 5.26 Å². The zero-order valence-corrected chi connectivity index (χ0v) is 10.2. The van der Waals surface area contributed by atoms with Crippen LogP contribution in [0, 0.1) is 11.3 Å². The molecule has 0 aliphatic carbocycles. The van der Waals surface area contributed by atoms with Crippen LogP contribution in [0.3, 0.4) is 0 Å². The minimum absolute atomic E-state index is 0.518. The lowest BCUT2D eigenvalue weighted by molar-refractivity contribution is 0.110. The van der Waals surface area contributed by atoms with E-state index in [9.17, 15) is 9.59 Å². The van der Waals surface area contributed by atoms with Crippen molar-refractivity contribution in [2.75, 3.05) is 0 Å². The number of rotatable bonds is 2. The van der Waals surface area contributed by atoms with Crippen LogP contribution in [0.15, 0.2) is 30.6 Å². The molecule has 5 heteroatoms. The van der Waals surface area contributed by atoms with Gasteiger partial charge in [0.2, 0.25) is 0 Å². The van der Waals surface area contributed by atoms with E-state index in [1.165, 1.54) is 0 Å². The van der Waals surface area contributed by atoms with Crippen LogP contribution in [0.5, 0.6) is 0 Å². The van der Waals surface area contributed by atoms with Crippen LogP contribution in [-0.2, 0) is 14.1 Å². The molecule has 2 heterocycles. The molecule has 0 unspecified atom stereocenters. The van der Waals surface area contributed by atoms with Crippen molar-refractivity contribution in [1.82, 2.24) is 9.13 Å². The summed E-state index contributed by atoms with van der Waals surface area (Å²) in [7, 11) is 3.56. The summed E-state index contributed by atoms with van der Waals surface area (Å²) in [5, 5.41) is 8.39. The average molecular weight is 243 g/mol. The number of nitrogens with zero attached hydrogens (tertiary/aromatic N) is 3. The molecule has 0 saturated heterocycles. The van der Waals surface area contributed by atoms with E-state index >= 15 is 0 Å². The lowest BCUT2D eigenvalue weighted by atomic mass is 10.3.